The van der Waals surface area contributed by atoms with Crippen molar-refractivity contribution in [3.63, 3.8) is 0 Å². The second-order valence-electron chi connectivity index (χ2n) is 6.94. The summed E-state index contributed by atoms with van der Waals surface area (Å²) in [4.78, 5) is 25.4. The number of hydrogen-bond acceptors (Lipinski definition) is 4. The molecule has 0 saturated carbocycles. The molecule has 5 nitrogen and oxygen atoms in total. The first-order valence-corrected chi connectivity index (χ1v) is 11.2. The highest BCUT2D eigenvalue weighted by Crippen LogP contribution is 2.21. The summed E-state index contributed by atoms with van der Waals surface area (Å²) in [5, 5.41) is 18.9. The zero-order valence-corrected chi connectivity index (χ0v) is 17.6. The highest BCUT2D eigenvalue weighted by atomic mass is 32.2. The number of carboxylic acids is 1. The molecule has 2 aromatic carbocycles. The third kappa shape index (κ3) is 7.22. The SMILES string of the molecule is CSCCCN(CO)C(=O)C(CCCc1ccc(-c2ccccc2)cc1)C(=O)O. The summed E-state index contributed by atoms with van der Waals surface area (Å²) < 4.78 is 0. The Bertz CT molecular complexity index is 764. The number of nitrogens with zero attached hydrogens (tertiary/aromatic N) is 1. The number of amides is 1. The lowest BCUT2D eigenvalue weighted by Gasteiger charge is -2.23. The summed E-state index contributed by atoms with van der Waals surface area (Å²) in [7, 11) is 0. The van der Waals surface area contributed by atoms with Gasteiger partial charge in [-0.05, 0) is 54.4 Å². The van der Waals surface area contributed by atoms with Crippen molar-refractivity contribution in [3.05, 3.63) is 60.2 Å². The van der Waals surface area contributed by atoms with Gasteiger partial charge in [0.05, 0.1) is 0 Å². The van der Waals surface area contributed by atoms with Gasteiger partial charge in [-0.3, -0.25) is 9.59 Å². The summed E-state index contributed by atoms with van der Waals surface area (Å²) in [6.07, 6.45) is 4.26. The fraction of sp³-hybridized carbons (Fsp3) is 0.391. The molecule has 0 aliphatic heterocycles. The van der Waals surface area contributed by atoms with Crippen LogP contribution in [-0.2, 0) is 16.0 Å². The highest BCUT2D eigenvalue weighted by Gasteiger charge is 2.29. The van der Waals surface area contributed by atoms with Crippen molar-refractivity contribution in [2.75, 3.05) is 25.3 Å². The number of aliphatic hydroxyl groups is 1. The predicted octanol–water partition coefficient (Wildman–Crippen LogP) is 3.91. The Morgan fingerprint density at radius 1 is 1.00 bits per heavy atom. The molecule has 0 spiro atoms. The standard InChI is InChI=1S/C23H29NO4S/c1-29-16-6-15-24(17-25)22(26)21(23(27)28)10-5-7-18-11-13-20(14-12-18)19-8-3-2-4-9-19/h2-4,8-9,11-14,21,25H,5-7,10,15-17H2,1H3,(H,27,28). The molecule has 0 fully saturated rings. The lowest BCUT2D eigenvalue weighted by atomic mass is 9.97. The second-order valence-corrected chi connectivity index (χ2v) is 7.92. The lowest BCUT2D eigenvalue weighted by Crippen LogP contribution is -2.40. The van der Waals surface area contributed by atoms with Gasteiger partial charge < -0.3 is 15.1 Å². The van der Waals surface area contributed by atoms with E-state index in [0.29, 0.717) is 19.4 Å². The minimum atomic E-state index is -1.13. The van der Waals surface area contributed by atoms with E-state index in [4.69, 9.17) is 0 Å². The second kappa shape index (κ2) is 12.3. The van der Waals surface area contributed by atoms with Gasteiger partial charge in [0.25, 0.3) is 0 Å². The molecule has 0 aliphatic carbocycles. The Labute approximate surface area is 176 Å². The van der Waals surface area contributed by atoms with E-state index in [9.17, 15) is 19.8 Å². The van der Waals surface area contributed by atoms with Crippen LogP contribution in [0.5, 0.6) is 0 Å². The summed E-state index contributed by atoms with van der Waals surface area (Å²) in [6.45, 7) is -0.0706. The van der Waals surface area contributed by atoms with E-state index in [1.807, 2.05) is 36.6 Å². The van der Waals surface area contributed by atoms with Gasteiger partial charge in [0.15, 0.2) is 0 Å². The topological polar surface area (TPSA) is 77.8 Å². The van der Waals surface area contributed by atoms with E-state index in [2.05, 4.69) is 24.3 Å². The van der Waals surface area contributed by atoms with Gasteiger partial charge in [-0.15, -0.1) is 0 Å². The minimum Gasteiger partial charge on any atom is -0.481 e. The van der Waals surface area contributed by atoms with E-state index in [-0.39, 0.29) is 6.42 Å². The van der Waals surface area contributed by atoms with Crippen LogP contribution in [0.1, 0.15) is 24.8 Å². The Morgan fingerprint density at radius 3 is 2.24 bits per heavy atom. The van der Waals surface area contributed by atoms with Crippen molar-refractivity contribution < 1.29 is 19.8 Å². The minimum absolute atomic E-state index is 0.258. The monoisotopic (exact) mass is 415 g/mol. The highest BCUT2D eigenvalue weighted by molar-refractivity contribution is 7.98. The Morgan fingerprint density at radius 2 is 1.66 bits per heavy atom. The molecule has 0 bridgehead atoms. The van der Waals surface area contributed by atoms with E-state index < -0.39 is 24.5 Å². The van der Waals surface area contributed by atoms with Gasteiger partial charge >= 0.3 is 5.97 Å². The van der Waals surface area contributed by atoms with Crippen LogP contribution in [0.15, 0.2) is 54.6 Å². The molecule has 0 aromatic heterocycles. The number of carboxylic acid groups (broad SMARTS) is 1. The Balaban J connectivity index is 1.90. The molecule has 1 unspecified atom stereocenters. The zero-order valence-electron chi connectivity index (χ0n) is 16.8. The molecular formula is C23H29NO4S. The fourth-order valence-corrected chi connectivity index (χ4v) is 3.65. The fourth-order valence-electron chi connectivity index (χ4n) is 3.23. The Hall–Kier alpha value is -2.31. The van der Waals surface area contributed by atoms with Crippen molar-refractivity contribution in [2.24, 2.45) is 5.92 Å². The third-order valence-corrected chi connectivity index (χ3v) is 5.57. The van der Waals surface area contributed by atoms with Crippen LogP contribution < -0.4 is 0 Å². The van der Waals surface area contributed by atoms with Crippen LogP contribution >= 0.6 is 11.8 Å². The van der Waals surface area contributed by atoms with E-state index in [0.717, 1.165) is 28.9 Å². The number of carbonyl (C=O) groups excluding carboxylic acids is 1. The van der Waals surface area contributed by atoms with Crippen LogP contribution in [-0.4, -0.2) is 52.3 Å². The predicted molar refractivity (Wildman–Crippen MR) is 118 cm³/mol. The lowest BCUT2D eigenvalue weighted by molar-refractivity contribution is -0.153. The van der Waals surface area contributed by atoms with Crippen molar-refractivity contribution in [1.82, 2.24) is 4.90 Å². The first-order chi connectivity index (χ1) is 14.1. The van der Waals surface area contributed by atoms with Crippen LogP contribution in [0.2, 0.25) is 0 Å². The van der Waals surface area contributed by atoms with Crippen molar-refractivity contribution in [1.29, 1.82) is 0 Å². The third-order valence-electron chi connectivity index (χ3n) is 4.87. The molecular weight excluding hydrogens is 386 g/mol. The molecule has 0 aliphatic rings. The number of carbonyl (C=O) groups is 2. The van der Waals surface area contributed by atoms with Crippen LogP contribution in [0.3, 0.4) is 0 Å². The van der Waals surface area contributed by atoms with E-state index in [1.165, 1.54) is 4.90 Å². The number of aliphatic hydroxyl groups excluding tert-OH is 1. The summed E-state index contributed by atoms with van der Waals surface area (Å²) in [5.41, 5.74) is 3.40. The molecule has 0 saturated heterocycles. The van der Waals surface area contributed by atoms with Crippen LogP contribution in [0, 0.1) is 5.92 Å². The Kier molecular flexibility index (Phi) is 9.74. The molecule has 2 rings (SSSR count). The molecule has 2 aromatic rings. The van der Waals surface area contributed by atoms with Crippen LogP contribution in [0.4, 0.5) is 0 Å². The van der Waals surface area contributed by atoms with E-state index >= 15 is 0 Å². The van der Waals surface area contributed by atoms with Gasteiger partial charge in [0.1, 0.15) is 12.6 Å². The van der Waals surface area contributed by atoms with Crippen molar-refractivity contribution in [2.45, 2.75) is 25.7 Å². The average molecular weight is 416 g/mol. The van der Waals surface area contributed by atoms with Gasteiger partial charge in [-0.2, -0.15) is 11.8 Å². The van der Waals surface area contributed by atoms with Crippen molar-refractivity contribution in [3.8, 4) is 11.1 Å². The molecule has 0 heterocycles. The first-order valence-electron chi connectivity index (χ1n) is 9.82. The maximum absolute atomic E-state index is 12.5. The van der Waals surface area contributed by atoms with Gasteiger partial charge in [-0.25, -0.2) is 0 Å². The molecule has 29 heavy (non-hydrogen) atoms. The number of thioether (sulfide) groups is 1. The van der Waals surface area contributed by atoms with Gasteiger partial charge in [0, 0.05) is 6.54 Å². The van der Waals surface area contributed by atoms with Crippen LogP contribution in [0.25, 0.3) is 11.1 Å². The molecule has 2 N–H and O–H groups in total. The zero-order chi connectivity index (χ0) is 21.1. The smallest absolute Gasteiger partial charge is 0.316 e. The molecule has 1 amide bonds. The summed E-state index contributed by atoms with van der Waals surface area (Å²) in [6, 6.07) is 18.3. The number of hydrogen-bond donors (Lipinski definition) is 2. The molecule has 0 radical (unpaired) electrons. The molecule has 6 heteroatoms. The maximum atomic E-state index is 12.5. The maximum Gasteiger partial charge on any atom is 0.316 e. The quantitative estimate of drug-likeness (QED) is 0.312. The number of rotatable bonds is 12. The van der Waals surface area contributed by atoms with Gasteiger partial charge in [-0.1, -0.05) is 54.6 Å². The van der Waals surface area contributed by atoms with E-state index in [1.54, 1.807) is 11.8 Å². The number of aliphatic carboxylic acids is 1. The molecule has 156 valence electrons. The summed E-state index contributed by atoms with van der Waals surface area (Å²) in [5.74, 6) is -1.88. The summed E-state index contributed by atoms with van der Waals surface area (Å²) >= 11 is 1.66. The normalized spacial score (nSPS) is 11.8. The molecule has 1 atom stereocenters. The van der Waals surface area contributed by atoms with Gasteiger partial charge in [0.2, 0.25) is 5.91 Å². The average Bonchev–Trinajstić information content (AvgIpc) is 2.75. The number of benzene rings is 2. The largest absolute Gasteiger partial charge is 0.481 e. The van der Waals surface area contributed by atoms with Crippen molar-refractivity contribution >= 4 is 23.6 Å². The first kappa shape index (κ1) is 23.0. The number of aryl methyl sites for hydroxylation is 1.